The molecule has 1 aromatic carbocycles. The number of nitrogens with one attached hydrogen (secondary N) is 1. The van der Waals surface area contributed by atoms with Crippen molar-refractivity contribution in [1.82, 2.24) is 0 Å². The lowest BCUT2D eigenvalue weighted by atomic mass is 10.1. The Labute approximate surface area is 117 Å². The van der Waals surface area contributed by atoms with Gasteiger partial charge in [0.05, 0.1) is 18.0 Å². The Hall–Kier alpha value is -1.76. The van der Waals surface area contributed by atoms with Crippen molar-refractivity contribution in [2.24, 2.45) is 0 Å². The molecule has 7 heteroatoms. The Kier molecular flexibility index (Phi) is 4.17. The second-order valence-electron chi connectivity index (χ2n) is 4.77. The molecular formula is C13H17NO5S. The van der Waals surface area contributed by atoms with Gasteiger partial charge < -0.3 is 9.84 Å². The monoisotopic (exact) mass is 299 g/mol. The molecule has 6 nitrogen and oxygen atoms in total. The van der Waals surface area contributed by atoms with E-state index in [4.69, 9.17) is 9.84 Å². The fraction of sp³-hybridized carbons (Fsp3) is 0.462. The van der Waals surface area contributed by atoms with Gasteiger partial charge in [-0.25, -0.2) is 8.42 Å². The van der Waals surface area contributed by atoms with E-state index in [1.54, 1.807) is 18.2 Å². The largest absolute Gasteiger partial charge is 0.495 e. The first-order valence-electron chi connectivity index (χ1n) is 6.32. The second-order valence-corrected chi connectivity index (χ2v) is 6.74. The van der Waals surface area contributed by atoms with Gasteiger partial charge in [-0.15, -0.1) is 0 Å². The van der Waals surface area contributed by atoms with E-state index in [1.807, 2.05) is 0 Å². The zero-order chi connectivity index (χ0) is 14.8. The molecule has 2 N–H and O–H groups in total. The summed E-state index contributed by atoms with van der Waals surface area (Å²) >= 11 is 0. The summed E-state index contributed by atoms with van der Waals surface area (Å²) in [6.45, 7) is 0. The van der Waals surface area contributed by atoms with Crippen molar-refractivity contribution >= 4 is 21.7 Å². The summed E-state index contributed by atoms with van der Waals surface area (Å²) in [5.41, 5.74) is 1.11. The van der Waals surface area contributed by atoms with Crippen molar-refractivity contribution < 1.29 is 23.1 Å². The quantitative estimate of drug-likeness (QED) is 0.798. The summed E-state index contributed by atoms with van der Waals surface area (Å²) in [5.74, 6) is -0.464. The first-order valence-corrected chi connectivity index (χ1v) is 7.87. The maximum Gasteiger partial charge on any atom is 0.303 e. The molecule has 0 aromatic heterocycles. The number of aliphatic carboxylic acids is 1. The van der Waals surface area contributed by atoms with Crippen molar-refractivity contribution in [2.75, 3.05) is 11.8 Å². The van der Waals surface area contributed by atoms with E-state index >= 15 is 0 Å². The number of sulfonamides is 1. The summed E-state index contributed by atoms with van der Waals surface area (Å²) in [6.07, 6.45) is 1.70. The molecule has 0 atom stereocenters. The zero-order valence-electron chi connectivity index (χ0n) is 11.1. The van der Waals surface area contributed by atoms with Gasteiger partial charge >= 0.3 is 5.97 Å². The summed E-state index contributed by atoms with van der Waals surface area (Å²) in [4.78, 5) is 10.6. The van der Waals surface area contributed by atoms with Crippen LogP contribution in [-0.4, -0.2) is 31.9 Å². The number of hydrogen-bond acceptors (Lipinski definition) is 4. The Morgan fingerprint density at radius 2 is 2.15 bits per heavy atom. The van der Waals surface area contributed by atoms with E-state index in [0.29, 0.717) is 30.7 Å². The minimum absolute atomic E-state index is 0.00113. The van der Waals surface area contributed by atoms with Gasteiger partial charge in [-0.1, -0.05) is 6.07 Å². The summed E-state index contributed by atoms with van der Waals surface area (Å²) in [6, 6.07) is 5.00. The molecule has 0 amide bonds. The van der Waals surface area contributed by atoms with Gasteiger partial charge in [0, 0.05) is 6.42 Å². The molecule has 1 aromatic rings. The van der Waals surface area contributed by atoms with Crippen molar-refractivity contribution in [3.05, 3.63) is 23.8 Å². The Balaban J connectivity index is 2.20. The molecule has 0 bridgehead atoms. The van der Waals surface area contributed by atoms with Crippen molar-refractivity contribution in [2.45, 2.75) is 30.9 Å². The molecular weight excluding hydrogens is 282 g/mol. The van der Waals surface area contributed by atoms with Crippen LogP contribution in [0.3, 0.4) is 0 Å². The van der Waals surface area contributed by atoms with Crippen LogP contribution in [0.2, 0.25) is 0 Å². The van der Waals surface area contributed by atoms with Crippen LogP contribution in [0.15, 0.2) is 18.2 Å². The molecule has 0 heterocycles. The number of carboxylic acid groups (broad SMARTS) is 1. The number of benzene rings is 1. The lowest BCUT2D eigenvalue weighted by Gasteiger charge is -2.13. The molecule has 1 aliphatic rings. The lowest BCUT2D eigenvalue weighted by Crippen LogP contribution is -2.18. The van der Waals surface area contributed by atoms with Gasteiger partial charge in [0.2, 0.25) is 10.0 Å². The first-order chi connectivity index (χ1) is 9.42. The van der Waals surface area contributed by atoms with Gasteiger partial charge in [-0.3, -0.25) is 9.52 Å². The maximum atomic E-state index is 11.9. The van der Waals surface area contributed by atoms with Crippen molar-refractivity contribution in [3.8, 4) is 5.75 Å². The minimum Gasteiger partial charge on any atom is -0.495 e. The second kappa shape index (κ2) is 5.70. The van der Waals surface area contributed by atoms with E-state index < -0.39 is 16.0 Å². The van der Waals surface area contributed by atoms with Crippen LogP contribution < -0.4 is 9.46 Å². The molecule has 1 fully saturated rings. The van der Waals surface area contributed by atoms with Gasteiger partial charge in [0.25, 0.3) is 0 Å². The minimum atomic E-state index is -3.37. The fourth-order valence-electron chi connectivity index (χ4n) is 1.86. The summed E-state index contributed by atoms with van der Waals surface area (Å²) in [7, 11) is -1.91. The fourth-order valence-corrected chi connectivity index (χ4v) is 3.25. The number of anilines is 1. The Bertz CT molecular complexity index is 607. The van der Waals surface area contributed by atoms with Crippen LogP contribution in [0, 0.1) is 0 Å². The van der Waals surface area contributed by atoms with E-state index in [1.165, 1.54) is 7.11 Å². The average Bonchev–Trinajstić information content (AvgIpc) is 3.20. The highest BCUT2D eigenvalue weighted by molar-refractivity contribution is 7.93. The van der Waals surface area contributed by atoms with E-state index in [9.17, 15) is 13.2 Å². The molecule has 0 spiro atoms. The Morgan fingerprint density at radius 3 is 2.70 bits per heavy atom. The smallest absolute Gasteiger partial charge is 0.303 e. The van der Waals surface area contributed by atoms with E-state index in [-0.39, 0.29) is 11.7 Å². The molecule has 0 unspecified atom stereocenters. The van der Waals surface area contributed by atoms with Crippen molar-refractivity contribution in [3.63, 3.8) is 0 Å². The SMILES string of the molecule is COc1ccc(CCC(=O)O)cc1NS(=O)(=O)C1CC1. The molecule has 2 rings (SSSR count). The Morgan fingerprint density at radius 1 is 1.45 bits per heavy atom. The van der Waals surface area contributed by atoms with Crippen molar-refractivity contribution in [1.29, 1.82) is 0 Å². The predicted octanol–water partition coefficient (Wildman–Crippen LogP) is 1.62. The number of rotatable bonds is 7. The zero-order valence-corrected chi connectivity index (χ0v) is 11.9. The van der Waals surface area contributed by atoms with Crippen LogP contribution >= 0.6 is 0 Å². The topological polar surface area (TPSA) is 92.7 Å². The van der Waals surface area contributed by atoms with E-state index in [2.05, 4.69) is 4.72 Å². The van der Waals surface area contributed by atoms with Gasteiger partial charge in [0.1, 0.15) is 5.75 Å². The van der Waals surface area contributed by atoms with Gasteiger partial charge in [-0.05, 0) is 37.0 Å². The molecule has 110 valence electrons. The third-order valence-corrected chi connectivity index (χ3v) is 4.96. The molecule has 0 radical (unpaired) electrons. The van der Waals surface area contributed by atoms with Gasteiger partial charge in [0.15, 0.2) is 0 Å². The normalized spacial score (nSPS) is 14.8. The average molecular weight is 299 g/mol. The highest BCUT2D eigenvalue weighted by Crippen LogP contribution is 2.33. The lowest BCUT2D eigenvalue weighted by molar-refractivity contribution is -0.136. The molecule has 0 saturated heterocycles. The summed E-state index contributed by atoms with van der Waals surface area (Å²) < 4.78 is 31.6. The predicted molar refractivity (Wildman–Crippen MR) is 74.5 cm³/mol. The third-order valence-electron chi connectivity index (χ3n) is 3.11. The van der Waals surface area contributed by atoms with Crippen LogP contribution in [0.5, 0.6) is 5.75 Å². The number of methoxy groups -OCH3 is 1. The summed E-state index contributed by atoms with van der Waals surface area (Å²) in [5, 5.41) is 8.35. The highest BCUT2D eigenvalue weighted by atomic mass is 32.2. The standard InChI is InChI=1S/C13H17NO5S/c1-19-12-6-2-9(3-7-13(15)16)8-11(12)14-20(17,18)10-4-5-10/h2,6,8,10,14H,3-5,7H2,1H3,(H,15,16). The number of aryl methyl sites for hydroxylation is 1. The number of carbonyl (C=O) groups is 1. The van der Waals surface area contributed by atoms with Crippen LogP contribution in [0.1, 0.15) is 24.8 Å². The van der Waals surface area contributed by atoms with Crippen LogP contribution in [0.25, 0.3) is 0 Å². The number of hydrogen-bond donors (Lipinski definition) is 2. The molecule has 1 aliphatic carbocycles. The van der Waals surface area contributed by atoms with Gasteiger partial charge in [-0.2, -0.15) is 0 Å². The number of ether oxygens (including phenoxy) is 1. The highest BCUT2D eigenvalue weighted by Gasteiger charge is 2.36. The number of carboxylic acids is 1. The maximum absolute atomic E-state index is 11.9. The molecule has 0 aliphatic heterocycles. The third kappa shape index (κ3) is 3.63. The molecule has 20 heavy (non-hydrogen) atoms. The van der Waals surface area contributed by atoms with Crippen LogP contribution in [-0.2, 0) is 21.2 Å². The first kappa shape index (κ1) is 14.6. The molecule has 1 saturated carbocycles. The van der Waals surface area contributed by atoms with Crippen LogP contribution in [0.4, 0.5) is 5.69 Å². The van der Waals surface area contributed by atoms with E-state index in [0.717, 1.165) is 5.56 Å².